The first-order valence-electron chi connectivity index (χ1n) is 6.36. The van der Waals surface area contributed by atoms with Gasteiger partial charge in [0, 0.05) is 0 Å². The lowest BCUT2D eigenvalue weighted by molar-refractivity contribution is -0.136. The third-order valence-electron chi connectivity index (χ3n) is 2.49. The summed E-state index contributed by atoms with van der Waals surface area (Å²) in [5.74, 6) is 0.137. The van der Waals surface area contributed by atoms with Crippen LogP contribution in [0.1, 0.15) is 25.5 Å². The van der Waals surface area contributed by atoms with Gasteiger partial charge in [-0.1, -0.05) is 6.07 Å². The zero-order valence-electron chi connectivity index (χ0n) is 11.5. The second-order valence-corrected chi connectivity index (χ2v) is 3.91. The number of ether oxygens (including phenoxy) is 2. The van der Waals surface area contributed by atoms with Crippen molar-refractivity contribution in [2.24, 2.45) is 0 Å². The lowest BCUT2D eigenvalue weighted by atomic mass is 10.1. The molecule has 0 radical (unpaired) electrons. The fourth-order valence-electron chi connectivity index (χ4n) is 1.67. The second kappa shape index (κ2) is 8.02. The standard InChI is InChI=1S/C14H18N2O4/c1-3-19-12-6-5-10(7-13(12)20-4-2)11(8-15)16-9-14(17)18/h5-7,11,16H,3-4,9H2,1-2H3,(H,17,18). The molecule has 108 valence electrons. The molecule has 1 atom stereocenters. The summed E-state index contributed by atoms with van der Waals surface area (Å²) < 4.78 is 10.9. The van der Waals surface area contributed by atoms with E-state index in [0.29, 0.717) is 30.3 Å². The molecule has 0 bridgehead atoms. The molecule has 0 spiro atoms. The molecular weight excluding hydrogens is 260 g/mol. The molecule has 1 aromatic carbocycles. The Bertz CT molecular complexity index is 496. The fraction of sp³-hybridized carbons (Fsp3) is 0.429. The molecular formula is C14H18N2O4. The number of carbonyl (C=O) groups is 1. The molecule has 1 rings (SSSR count). The van der Waals surface area contributed by atoms with Crippen molar-refractivity contribution in [3.63, 3.8) is 0 Å². The lowest BCUT2D eigenvalue weighted by Crippen LogP contribution is -2.26. The monoisotopic (exact) mass is 278 g/mol. The first kappa shape index (κ1) is 15.8. The van der Waals surface area contributed by atoms with E-state index in [4.69, 9.17) is 19.8 Å². The van der Waals surface area contributed by atoms with E-state index < -0.39 is 12.0 Å². The number of benzene rings is 1. The number of aliphatic carboxylic acids is 1. The second-order valence-electron chi connectivity index (χ2n) is 3.91. The van der Waals surface area contributed by atoms with E-state index in [1.54, 1.807) is 18.2 Å². The molecule has 0 aliphatic carbocycles. The summed E-state index contributed by atoms with van der Waals surface area (Å²) >= 11 is 0. The minimum absolute atomic E-state index is 0.282. The van der Waals surface area contributed by atoms with Crippen molar-refractivity contribution in [3.8, 4) is 17.6 Å². The van der Waals surface area contributed by atoms with E-state index in [2.05, 4.69) is 5.32 Å². The highest BCUT2D eigenvalue weighted by molar-refractivity contribution is 5.69. The third-order valence-corrected chi connectivity index (χ3v) is 2.49. The van der Waals surface area contributed by atoms with Crippen LogP contribution in [0.15, 0.2) is 18.2 Å². The first-order valence-corrected chi connectivity index (χ1v) is 6.36. The molecule has 0 saturated carbocycles. The maximum atomic E-state index is 10.5. The van der Waals surface area contributed by atoms with Gasteiger partial charge in [-0.15, -0.1) is 0 Å². The van der Waals surface area contributed by atoms with Gasteiger partial charge in [-0.05, 0) is 31.5 Å². The average Bonchev–Trinajstić information content (AvgIpc) is 2.42. The maximum absolute atomic E-state index is 10.5. The van der Waals surface area contributed by atoms with E-state index in [9.17, 15) is 4.79 Å². The molecule has 1 aromatic rings. The molecule has 0 aromatic heterocycles. The number of rotatable bonds is 8. The Balaban J connectivity index is 2.96. The van der Waals surface area contributed by atoms with Crippen molar-refractivity contribution < 1.29 is 19.4 Å². The van der Waals surface area contributed by atoms with Crippen molar-refractivity contribution in [3.05, 3.63) is 23.8 Å². The summed E-state index contributed by atoms with van der Waals surface area (Å²) in [4.78, 5) is 10.5. The predicted molar refractivity (Wildman–Crippen MR) is 72.8 cm³/mol. The van der Waals surface area contributed by atoms with Gasteiger partial charge in [-0.2, -0.15) is 5.26 Å². The van der Waals surface area contributed by atoms with Gasteiger partial charge < -0.3 is 14.6 Å². The quantitative estimate of drug-likeness (QED) is 0.752. The van der Waals surface area contributed by atoms with Crippen molar-refractivity contribution in [2.45, 2.75) is 19.9 Å². The van der Waals surface area contributed by atoms with Crippen LogP contribution in [0.5, 0.6) is 11.5 Å². The Kier molecular flexibility index (Phi) is 6.33. The third kappa shape index (κ3) is 4.44. The largest absolute Gasteiger partial charge is 0.490 e. The highest BCUT2D eigenvalue weighted by atomic mass is 16.5. The summed E-state index contributed by atoms with van der Waals surface area (Å²) in [6.07, 6.45) is 0. The number of hydrogen-bond acceptors (Lipinski definition) is 5. The van der Waals surface area contributed by atoms with Gasteiger partial charge in [0.1, 0.15) is 6.04 Å². The normalized spacial score (nSPS) is 11.4. The Morgan fingerprint density at radius 3 is 2.55 bits per heavy atom. The first-order chi connectivity index (χ1) is 9.62. The molecule has 0 saturated heterocycles. The number of carboxylic acids is 1. The SMILES string of the molecule is CCOc1ccc(C(C#N)NCC(=O)O)cc1OCC. The van der Waals surface area contributed by atoms with Gasteiger partial charge in [0.05, 0.1) is 25.8 Å². The minimum atomic E-state index is -1.01. The van der Waals surface area contributed by atoms with Gasteiger partial charge >= 0.3 is 5.97 Å². The minimum Gasteiger partial charge on any atom is -0.490 e. The van der Waals surface area contributed by atoms with Crippen LogP contribution in [-0.4, -0.2) is 30.8 Å². The molecule has 6 heteroatoms. The van der Waals surface area contributed by atoms with Crippen LogP contribution in [0, 0.1) is 11.3 Å². The summed E-state index contributed by atoms with van der Waals surface area (Å²) in [6.45, 7) is 4.43. The topological polar surface area (TPSA) is 91.6 Å². The van der Waals surface area contributed by atoms with E-state index in [1.165, 1.54) is 0 Å². The zero-order valence-corrected chi connectivity index (χ0v) is 11.5. The molecule has 0 fully saturated rings. The molecule has 0 aliphatic heterocycles. The Morgan fingerprint density at radius 1 is 1.35 bits per heavy atom. The zero-order chi connectivity index (χ0) is 15.0. The highest BCUT2D eigenvalue weighted by Crippen LogP contribution is 2.30. The van der Waals surface area contributed by atoms with Crippen molar-refractivity contribution in [2.75, 3.05) is 19.8 Å². The number of hydrogen-bond donors (Lipinski definition) is 2. The van der Waals surface area contributed by atoms with Crippen LogP contribution < -0.4 is 14.8 Å². The number of nitrogens with zero attached hydrogens (tertiary/aromatic N) is 1. The number of nitriles is 1. The fourth-order valence-corrected chi connectivity index (χ4v) is 1.67. The van der Waals surface area contributed by atoms with E-state index in [0.717, 1.165) is 0 Å². The predicted octanol–water partition coefficient (Wildman–Crippen LogP) is 1.72. The lowest BCUT2D eigenvalue weighted by Gasteiger charge is -2.15. The summed E-state index contributed by atoms with van der Waals surface area (Å²) in [5, 5.41) is 20.4. The van der Waals surface area contributed by atoms with Gasteiger partial charge in [0.2, 0.25) is 0 Å². The Morgan fingerprint density at radius 2 is 2.00 bits per heavy atom. The van der Waals surface area contributed by atoms with Crippen molar-refractivity contribution in [1.82, 2.24) is 5.32 Å². The molecule has 6 nitrogen and oxygen atoms in total. The van der Waals surface area contributed by atoms with Crippen LogP contribution in [0.2, 0.25) is 0 Å². The Labute approximate surface area is 117 Å². The van der Waals surface area contributed by atoms with E-state index >= 15 is 0 Å². The van der Waals surface area contributed by atoms with Gasteiger partial charge in [-0.3, -0.25) is 10.1 Å². The maximum Gasteiger partial charge on any atom is 0.317 e. The summed E-state index contributed by atoms with van der Waals surface area (Å²) in [6, 6.07) is 6.45. The van der Waals surface area contributed by atoms with Crippen LogP contribution in [0.25, 0.3) is 0 Å². The van der Waals surface area contributed by atoms with Gasteiger partial charge in [0.25, 0.3) is 0 Å². The average molecular weight is 278 g/mol. The van der Waals surface area contributed by atoms with Crippen LogP contribution in [0.4, 0.5) is 0 Å². The van der Waals surface area contributed by atoms with Crippen molar-refractivity contribution >= 4 is 5.97 Å². The van der Waals surface area contributed by atoms with Crippen LogP contribution >= 0.6 is 0 Å². The number of carboxylic acid groups (broad SMARTS) is 1. The molecule has 0 amide bonds. The highest BCUT2D eigenvalue weighted by Gasteiger charge is 2.14. The smallest absolute Gasteiger partial charge is 0.317 e. The van der Waals surface area contributed by atoms with Gasteiger partial charge in [0.15, 0.2) is 11.5 Å². The summed E-state index contributed by atoms with van der Waals surface area (Å²) in [5.41, 5.74) is 0.639. The van der Waals surface area contributed by atoms with Crippen LogP contribution in [0.3, 0.4) is 0 Å². The molecule has 20 heavy (non-hydrogen) atoms. The Hall–Kier alpha value is -2.26. The molecule has 0 aliphatic rings. The molecule has 1 unspecified atom stereocenters. The molecule has 2 N–H and O–H groups in total. The number of nitrogens with one attached hydrogen (secondary N) is 1. The molecule has 0 heterocycles. The van der Waals surface area contributed by atoms with Gasteiger partial charge in [-0.25, -0.2) is 0 Å². The van der Waals surface area contributed by atoms with E-state index in [1.807, 2.05) is 19.9 Å². The van der Waals surface area contributed by atoms with Crippen LogP contribution in [-0.2, 0) is 4.79 Å². The van der Waals surface area contributed by atoms with E-state index in [-0.39, 0.29) is 6.54 Å². The van der Waals surface area contributed by atoms with Crippen molar-refractivity contribution in [1.29, 1.82) is 5.26 Å². The summed E-state index contributed by atoms with van der Waals surface area (Å²) in [7, 11) is 0.